The van der Waals surface area contributed by atoms with E-state index < -0.39 is 0 Å². The molecular weight excluding hydrogens is 865 g/mol. The van der Waals surface area contributed by atoms with Crippen LogP contribution in [-0.2, 0) is 0 Å². The molecule has 322 valence electrons. The zero-order valence-corrected chi connectivity index (χ0v) is 37.6. The zero-order chi connectivity index (χ0) is 45.2. The topological polar surface area (TPSA) is 58.5 Å². The van der Waals surface area contributed by atoms with Crippen molar-refractivity contribution in [2.75, 3.05) is 9.80 Å². The maximum atomic E-state index is 6.51. The molecule has 0 amide bonds. The molecule has 15 rings (SSSR count). The standard InChI is InChI=1S/C62H36N4O2S/c1-3-15-42-37(13-1)31-53(46-19-7-5-17-44(42)46)65(39-25-28-50-48-21-9-11-23-55(48)67-57(50)33-39)41-27-30-52-59(35-41)69-60-36-61(63-64-62(52)60)66(40-26-29-51-49-22-10-12-24-56(49)68-58(51)34-40)54-32-38-14-2-4-16-43(38)45-18-6-8-20-47(45)54/h1-36H. The van der Waals surface area contributed by atoms with E-state index in [9.17, 15) is 0 Å². The van der Waals surface area contributed by atoms with Gasteiger partial charge < -0.3 is 13.7 Å². The first-order chi connectivity index (χ1) is 34.2. The van der Waals surface area contributed by atoms with Crippen molar-refractivity contribution in [1.29, 1.82) is 0 Å². The maximum absolute atomic E-state index is 6.51. The van der Waals surface area contributed by atoms with Gasteiger partial charge in [0.1, 0.15) is 27.8 Å². The number of benzene rings is 11. The molecule has 0 saturated heterocycles. The van der Waals surface area contributed by atoms with E-state index in [1.807, 2.05) is 24.3 Å². The second-order valence-electron chi connectivity index (χ2n) is 17.8. The molecule has 0 aliphatic rings. The monoisotopic (exact) mass is 900 g/mol. The fourth-order valence-electron chi connectivity index (χ4n) is 10.8. The summed E-state index contributed by atoms with van der Waals surface area (Å²) >= 11 is 1.74. The predicted molar refractivity (Wildman–Crippen MR) is 289 cm³/mol. The van der Waals surface area contributed by atoms with Crippen LogP contribution in [0.1, 0.15) is 0 Å². The molecule has 0 saturated carbocycles. The lowest BCUT2D eigenvalue weighted by atomic mass is 9.99. The van der Waals surface area contributed by atoms with Crippen LogP contribution in [0.4, 0.5) is 34.3 Å². The van der Waals surface area contributed by atoms with Crippen LogP contribution in [0.5, 0.6) is 0 Å². The molecule has 0 bridgehead atoms. The Bertz CT molecular complexity index is 4310. The van der Waals surface area contributed by atoms with Crippen LogP contribution < -0.4 is 9.80 Å². The van der Waals surface area contributed by atoms with Gasteiger partial charge in [-0.05, 0) is 99.0 Å². The normalized spacial score (nSPS) is 12.1. The summed E-state index contributed by atoms with van der Waals surface area (Å²) in [6.45, 7) is 0. The first-order valence-electron chi connectivity index (χ1n) is 23.1. The van der Waals surface area contributed by atoms with Gasteiger partial charge in [0.25, 0.3) is 0 Å². The van der Waals surface area contributed by atoms with Gasteiger partial charge in [0.2, 0.25) is 0 Å². The summed E-state index contributed by atoms with van der Waals surface area (Å²) in [6, 6.07) is 77.6. The Kier molecular flexibility index (Phi) is 8.13. The Balaban J connectivity index is 0.933. The summed E-state index contributed by atoms with van der Waals surface area (Å²) in [7, 11) is 0. The van der Waals surface area contributed by atoms with Gasteiger partial charge in [-0.25, -0.2) is 0 Å². The van der Waals surface area contributed by atoms with Crippen molar-refractivity contribution in [2.24, 2.45) is 0 Å². The van der Waals surface area contributed by atoms with Crippen LogP contribution >= 0.6 is 11.3 Å². The molecule has 0 aliphatic carbocycles. The number of hydrogen-bond donors (Lipinski definition) is 0. The van der Waals surface area contributed by atoms with Gasteiger partial charge in [-0.2, -0.15) is 0 Å². The van der Waals surface area contributed by atoms with Crippen molar-refractivity contribution in [3.63, 3.8) is 0 Å². The van der Waals surface area contributed by atoms with Gasteiger partial charge in [0, 0.05) is 72.0 Å². The number of hydrogen-bond acceptors (Lipinski definition) is 7. The number of aromatic nitrogens is 2. The van der Waals surface area contributed by atoms with Crippen molar-refractivity contribution in [3.05, 3.63) is 218 Å². The first kappa shape index (κ1) is 38.1. The molecule has 4 heterocycles. The molecule has 0 N–H and O–H groups in total. The minimum absolute atomic E-state index is 0.716. The summed E-state index contributed by atoms with van der Waals surface area (Å²) < 4.78 is 15.1. The average molecular weight is 901 g/mol. The van der Waals surface area contributed by atoms with Crippen molar-refractivity contribution in [1.82, 2.24) is 10.2 Å². The van der Waals surface area contributed by atoms with Crippen molar-refractivity contribution < 1.29 is 8.83 Å². The van der Waals surface area contributed by atoms with Gasteiger partial charge in [0.05, 0.1) is 21.8 Å². The second-order valence-corrected chi connectivity index (χ2v) is 18.8. The van der Waals surface area contributed by atoms with Crippen LogP contribution in [0.25, 0.3) is 107 Å². The summed E-state index contributed by atoms with van der Waals surface area (Å²) in [6.07, 6.45) is 0. The third-order valence-electron chi connectivity index (χ3n) is 13.9. The molecular formula is C62H36N4O2S. The van der Waals surface area contributed by atoms with Gasteiger partial charge in [0.15, 0.2) is 5.82 Å². The van der Waals surface area contributed by atoms with E-state index in [1.54, 1.807) is 11.3 Å². The Labute approximate surface area is 398 Å². The molecule has 0 fully saturated rings. The molecule has 6 nitrogen and oxygen atoms in total. The van der Waals surface area contributed by atoms with Crippen LogP contribution in [0, 0.1) is 0 Å². The number of furan rings is 2. The largest absolute Gasteiger partial charge is 0.456 e. The number of fused-ring (bicyclic) bond motifs is 15. The maximum Gasteiger partial charge on any atom is 0.161 e. The SMILES string of the molecule is c1ccc2c(c1)cc(N(c1ccc3c(c1)oc1ccccc13)c1ccc3c(c1)sc1cc(N(c4ccc5c(c4)oc4ccccc45)c4cc5ccccc5c5ccccc45)nnc13)c1ccccc12. The summed E-state index contributed by atoms with van der Waals surface area (Å²) in [5, 5.41) is 25.0. The van der Waals surface area contributed by atoms with Crippen LogP contribution in [0.2, 0.25) is 0 Å². The van der Waals surface area contributed by atoms with E-state index in [4.69, 9.17) is 19.0 Å². The Morgan fingerprint density at radius 3 is 1.32 bits per heavy atom. The fourth-order valence-corrected chi connectivity index (χ4v) is 11.9. The smallest absolute Gasteiger partial charge is 0.161 e. The molecule has 69 heavy (non-hydrogen) atoms. The van der Waals surface area contributed by atoms with Crippen molar-refractivity contribution in [2.45, 2.75) is 0 Å². The molecule has 0 unspecified atom stereocenters. The van der Waals surface area contributed by atoms with E-state index in [0.29, 0.717) is 5.82 Å². The van der Waals surface area contributed by atoms with E-state index >= 15 is 0 Å². The Morgan fingerprint density at radius 2 is 0.739 bits per heavy atom. The predicted octanol–water partition coefficient (Wildman–Crippen LogP) is 18.2. The summed E-state index contributed by atoms with van der Waals surface area (Å²) in [5.74, 6) is 0.716. The van der Waals surface area contributed by atoms with Crippen LogP contribution in [0.3, 0.4) is 0 Å². The minimum Gasteiger partial charge on any atom is -0.456 e. The first-order valence-corrected chi connectivity index (χ1v) is 23.9. The molecule has 0 atom stereocenters. The number of anilines is 6. The third kappa shape index (κ3) is 5.84. The van der Waals surface area contributed by atoms with E-state index in [1.165, 1.54) is 26.9 Å². The Hall–Kier alpha value is -9.04. The molecule has 4 aromatic heterocycles. The van der Waals surface area contributed by atoms with Gasteiger partial charge in [-0.1, -0.05) is 133 Å². The lowest BCUT2D eigenvalue weighted by Gasteiger charge is -2.27. The van der Waals surface area contributed by atoms with Crippen LogP contribution in [-0.4, -0.2) is 10.2 Å². The number of nitrogens with zero attached hydrogens (tertiary/aromatic N) is 4. The average Bonchev–Trinajstić information content (AvgIpc) is 4.09. The highest BCUT2D eigenvalue weighted by Gasteiger charge is 2.24. The van der Waals surface area contributed by atoms with Crippen molar-refractivity contribution >= 4 is 153 Å². The molecule has 11 aromatic carbocycles. The van der Waals surface area contributed by atoms with Crippen LogP contribution in [0.15, 0.2) is 227 Å². The van der Waals surface area contributed by atoms with Crippen molar-refractivity contribution in [3.8, 4) is 0 Å². The molecule has 0 aliphatic heterocycles. The van der Waals surface area contributed by atoms with E-state index in [0.717, 1.165) is 109 Å². The van der Waals surface area contributed by atoms with E-state index in [2.05, 4.69) is 204 Å². The molecule has 0 spiro atoms. The highest BCUT2D eigenvalue weighted by molar-refractivity contribution is 7.25. The van der Waals surface area contributed by atoms with Gasteiger partial charge in [-0.15, -0.1) is 21.5 Å². The van der Waals surface area contributed by atoms with Gasteiger partial charge in [-0.3, -0.25) is 4.90 Å². The molecule has 7 heteroatoms. The van der Waals surface area contributed by atoms with E-state index in [-0.39, 0.29) is 0 Å². The highest BCUT2D eigenvalue weighted by Crippen LogP contribution is 2.48. The summed E-state index contributed by atoms with van der Waals surface area (Å²) in [4.78, 5) is 4.62. The minimum atomic E-state index is 0.716. The second kappa shape index (κ2) is 14.7. The summed E-state index contributed by atoms with van der Waals surface area (Å²) in [5.41, 5.74) is 9.33. The lowest BCUT2D eigenvalue weighted by Crippen LogP contribution is -2.12. The lowest BCUT2D eigenvalue weighted by molar-refractivity contribution is 0.668. The zero-order valence-electron chi connectivity index (χ0n) is 36.8. The number of para-hydroxylation sites is 2. The molecule has 0 radical (unpaired) electrons. The highest BCUT2D eigenvalue weighted by atomic mass is 32.1. The Morgan fingerprint density at radius 1 is 0.304 bits per heavy atom. The fraction of sp³-hybridized carbons (Fsp3) is 0. The van der Waals surface area contributed by atoms with Gasteiger partial charge >= 0.3 is 0 Å². The molecule has 15 aromatic rings. The third-order valence-corrected chi connectivity index (χ3v) is 15.0. The number of rotatable bonds is 6. The quantitative estimate of drug-likeness (QED) is 0.155. The number of thiophene rings is 1.